The predicted octanol–water partition coefficient (Wildman–Crippen LogP) is 2.06. The first-order chi connectivity index (χ1) is 17.3. The second-order valence-electron chi connectivity index (χ2n) is 8.83. The number of nitrogens with zero attached hydrogens (tertiary/aromatic N) is 1. The van der Waals surface area contributed by atoms with Crippen molar-refractivity contribution in [3.8, 4) is 11.5 Å². The number of amides is 1. The molecule has 9 nitrogen and oxygen atoms in total. The summed E-state index contributed by atoms with van der Waals surface area (Å²) in [7, 11) is -5.82. The Morgan fingerprint density at radius 3 is 2.36 bits per heavy atom. The smallest absolute Gasteiger partial charge is 0.456 e. The summed E-state index contributed by atoms with van der Waals surface area (Å²) in [5, 5.41) is 22.1. The molecule has 2 aromatic carbocycles. The molecule has 4 rings (SSSR count). The van der Waals surface area contributed by atoms with E-state index in [1.165, 1.54) is 24.3 Å². The van der Waals surface area contributed by atoms with Crippen LogP contribution in [0.3, 0.4) is 0 Å². The molecule has 188 valence electrons. The quantitative estimate of drug-likeness (QED) is 0.274. The Hall–Kier alpha value is -3.25. The van der Waals surface area contributed by atoms with E-state index in [0.717, 1.165) is 18.4 Å². The Balaban J connectivity index is 1.50. The molecule has 1 amide bonds. The molecule has 11 heteroatoms. The average Bonchev–Trinajstić information content (AvgIpc) is 3.69. The van der Waals surface area contributed by atoms with Crippen LogP contribution >= 0.6 is 0 Å². The summed E-state index contributed by atoms with van der Waals surface area (Å²) in [6, 6.07) is 17.1. The molecule has 0 spiro atoms. The minimum absolute atomic E-state index is 0.0383. The zero-order valence-corrected chi connectivity index (χ0v) is 20.3. The zero-order chi connectivity index (χ0) is 25.5. The second-order valence-corrected chi connectivity index (χ2v) is 10.5. The van der Waals surface area contributed by atoms with Gasteiger partial charge in [-0.3, -0.25) is 9.78 Å². The maximum Gasteiger partial charge on any atom is 0.475 e. The number of rotatable bonds is 12. The van der Waals surface area contributed by atoms with Gasteiger partial charge < -0.3 is 20.1 Å². The molecule has 1 aliphatic rings. The topological polar surface area (TPSA) is 138 Å². The second kappa shape index (κ2) is 11.7. The lowest BCUT2D eigenvalue weighted by atomic mass is 9.76. The molecular weight excluding hydrogens is 481 g/mol. The normalized spacial score (nSPS) is 15.1. The van der Waals surface area contributed by atoms with E-state index in [1.807, 2.05) is 6.07 Å². The van der Waals surface area contributed by atoms with E-state index in [2.05, 4.69) is 15.0 Å². The molecule has 36 heavy (non-hydrogen) atoms. The third-order valence-corrected chi connectivity index (χ3v) is 7.36. The number of hydrogen-bond acceptors (Lipinski definition) is 7. The fourth-order valence-electron chi connectivity index (χ4n) is 3.77. The van der Waals surface area contributed by atoms with E-state index < -0.39 is 35.0 Å². The highest BCUT2D eigenvalue weighted by atomic mass is 32.2. The SMILES string of the molecule is O=C(N[C@@H](CC1CC1)B(O)O)[C@H](Cc1ccccc1)NS(=O)(=O)c1ccc(Oc2cccnc2)cc1. The third-order valence-electron chi connectivity index (χ3n) is 5.87. The molecule has 0 radical (unpaired) electrons. The Bertz CT molecular complexity index is 1240. The predicted molar refractivity (Wildman–Crippen MR) is 134 cm³/mol. The molecule has 2 atom stereocenters. The standard InChI is InChI=1S/C25H28BN3O6S/c30-25(28-24(26(31)32)16-19-8-9-19)23(15-18-5-2-1-3-6-18)29-36(33,34)22-12-10-20(11-13-22)35-21-7-4-14-27-17-21/h1-7,10-14,17,19,23-24,29,31-32H,8-9,15-16H2,(H,28,30)/t23-,24-/m0/s1. The lowest BCUT2D eigenvalue weighted by Gasteiger charge is -2.23. The highest BCUT2D eigenvalue weighted by Gasteiger charge is 2.35. The van der Waals surface area contributed by atoms with Gasteiger partial charge in [0.15, 0.2) is 0 Å². The van der Waals surface area contributed by atoms with Gasteiger partial charge in [-0.05, 0) is 60.7 Å². The summed E-state index contributed by atoms with van der Waals surface area (Å²) in [5.74, 6) is -0.235. The van der Waals surface area contributed by atoms with E-state index in [9.17, 15) is 23.3 Å². The van der Waals surface area contributed by atoms with E-state index in [1.54, 1.807) is 48.8 Å². The van der Waals surface area contributed by atoms with Crippen molar-refractivity contribution in [2.45, 2.75) is 42.6 Å². The third kappa shape index (κ3) is 7.38. The number of hydrogen-bond donors (Lipinski definition) is 4. The van der Waals surface area contributed by atoms with E-state index in [-0.39, 0.29) is 11.3 Å². The number of benzene rings is 2. The Morgan fingerprint density at radius 1 is 1.03 bits per heavy atom. The van der Waals surface area contributed by atoms with Crippen LogP contribution in [0.1, 0.15) is 24.8 Å². The summed E-state index contributed by atoms with van der Waals surface area (Å²) >= 11 is 0. The maximum absolute atomic E-state index is 13.2. The molecule has 3 aromatic rings. The highest BCUT2D eigenvalue weighted by Crippen LogP contribution is 2.33. The molecule has 0 bridgehead atoms. The minimum Gasteiger partial charge on any atom is -0.456 e. The van der Waals surface area contributed by atoms with Crippen molar-refractivity contribution in [3.05, 3.63) is 84.7 Å². The van der Waals surface area contributed by atoms with Crippen molar-refractivity contribution in [1.29, 1.82) is 0 Å². The molecule has 0 saturated heterocycles. The van der Waals surface area contributed by atoms with Gasteiger partial charge >= 0.3 is 7.12 Å². The van der Waals surface area contributed by atoms with Crippen LogP contribution in [0.15, 0.2) is 84.0 Å². The van der Waals surface area contributed by atoms with Gasteiger partial charge in [0.2, 0.25) is 15.9 Å². The molecule has 4 N–H and O–H groups in total. The van der Waals surface area contributed by atoms with Crippen molar-refractivity contribution in [3.63, 3.8) is 0 Å². The first-order valence-corrected chi connectivity index (χ1v) is 13.2. The van der Waals surface area contributed by atoms with Crippen molar-refractivity contribution in [2.24, 2.45) is 5.92 Å². The zero-order valence-electron chi connectivity index (χ0n) is 19.5. The van der Waals surface area contributed by atoms with E-state index in [0.29, 0.717) is 23.8 Å². The van der Waals surface area contributed by atoms with Crippen molar-refractivity contribution < 1.29 is 28.0 Å². The molecule has 0 unspecified atom stereocenters. The molecule has 1 saturated carbocycles. The van der Waals surface area contributed by atoms with Crippen LogP contribution in [0.4, 0.5) is 0 Å². The lowest BCUT2D eigenvalue weighted by Crippen LogP contribution is -2.54. The number of carbonyl (C=O) groups is 1. The van der Waals surface area contributed by atoms with Crippen LogP contribution in [0.25, 0.3) is 0 Å². The first kappa shape index (κ1) is 25.8. The fraction of sp³-hybridized carbons (Fsp3) is 0.280. The molecule has 1 aliphatic carbocycles. The van der Waals surface area contributed by atoms with Crippen molar-refractivity contribution in [1.82, 2.24) is 15.0 Å². The van der Waals surface area contributed by atoms with Gasteiger partial charge in [0, 0.05) is 6.20 Å². The fourth-order valence-corrected chi connectivity index (χ4v) is 4.97. The van der Waals surface area contributed by atoms with Crippen molar-refractivity contribution >= 4 is 23.0 Å². The van der Waals surface area contributed by atoms with Gasteiger partial charge in [-0.15, -0.1) is 0 Å². The molecule has 1 aromatic heterocycles. The molecule has 0 aliphatic heterocycles. The Kier molecular flexibility index (Phi) is 8.37. The van der Waals surface area contributed by atoms with Gasteiger partial charge in [0.25, 0.3) is 0 Å². The minimum atomic E-state index is -4.08. The highest BCUT2D eigenvalue weighted by molar-refractivity contribution is 7.89. The number of sulfonamides is 1. The maximum atomic E-state index is 13.2. The molecule has 1 fully saturated rings. The summed E-state index contributed by atoms with van der Waals surface area (Å²) in [4.78, 5) is 17.1. The summed E-state index contributed by atoms with van der Waals surface area (Å²) < 4.78 is 34.5. The van der Waals surface area contributed by atoms with Gasteiger partial charge in [-0.25, -0.2) is 8.42 Å². The van der Waals surface area contributed by atoms with Crippen LogP contribution in [0.2, 0.25) is 0 Å². The summed E-state index contributed by atoms with van der Waals surface area (Å²) in [6.07, 6.45) is 5.61. The number of aromatic nitrogens is 1. The van der Waals surface area contributed by atoms with Gasteiger partial charge in [-0.2, -0.15) is 4.72 Å². The first-order valence-electron chi connectivity index (χ1n) is 11.7. The summed E-state index contributed by atoms with van der Waals surface area (Å²) in [5.41, 5.74) is 0.754. The van der Waals surface area contributed by atoms with Gasteiger partial charge in [0.1, 0.15) is 17.5 Å². The van der Waals surface area contributed by atoms with E-state index >= 15 is 0 Å². The van der Waals surface area contributed by atoms with Crippen LogP contribution in [-0.4, -0.2) is 48.5 Å². The number of ether oxygens (including phenoxy) is 1. The average molecular weight is 509 g/mol. The number of carbonyl (C=O) groups excluding carboxylic acids is 1. The van der Waals surface area contributed by atoms with Gasteiger partial charge in [0.05, 0.1) is 17.0 Å². The monoisotopic (exact) mass is 509 g/mol. The van der Waals surface area contributed by atoms with Crippen molar-refractivity contribution in [2.75, 3.05) is 0 Å². The van der Waals surface area contributed by atoms with E-state index in [4.69, 9.17) is 4.74 Å². The Morgan fingerprint density at radius 2 is 1.75 bits per heavy atom. The number of nitrogens with one attached hydrogen (secondary N) is 2. The van der Waals surface area contributed by atoms with Crippen LogP contribution in [-0.2, 0) is 21.2 Å². The van der Waals surface area contributed by atoms with Crippen LogP contribution in [0, 0.1) is 5.92 Å². The summed E-state index contributed by atoms with van der Waals surface area (Å²) in [6.45, 7) is 0. The molecular formula is C25H28BN3O6S. The van der Waals surface area contributed by atoms with Crippen LogP contribution < -0.4 is 14.8 Å². The lowest BCUT2D eigenvalue weighted by molar-refractivity contribution is -0.123. The van der Waals surface area contributed by atoms with Crippen LogP contribution in [0.5, 0.6) is 11.5 Å². The van der Waals surface area contributed by atoms with Gasteiger partial charge in [-0.1, -0.05) is 43.2 Å². The Labute approximate surface area is 210 Å². The number of pyridine rings is 1. The largest absolute Gasteiger partial charge is 0.475 e. The molecule has 1 heterocycles.